The highest BCUT2D eigenvalue weighted by molar-refractivity contribution is 5.41. The highest BCUT2D eigenvalue weighted by atomic mass is 14.7. The number of fused-ring (bicyclic) bond motifs is 1. The van der Waals surface area contributed by atoms with E-state index in [-0.39, 0.29) is 6.04 Å². The zero-order valence-corrected chi connectivity index (χ0v) is 6.96. The van der Waals surface area contributed by atoms with Gasteiger partial charge in [-0.1, -0.05) is 0 Å². The van der Waals surface area contributed by atoms with Gasteiger partial charge in [0.2, 0.25) is 0 Å². The molecule has 0 amide bonds. The molecule has 4 N–H and O–H groups in total. The highest BCUT2D eigenvalue weighted by Gasteiger charge is 2.15. The number of anilines is 1. The molecule has 1 heterocycles. The fraction of sp³-hybridized carbons (Fsp3) is 0.444. The van der Waals surface area contributed by atoms with Gasteiger partial charge in [0, 0.05) is 18.2 Å². The minimum Gasteiger partial charge on any atom is -0.397 e. The molecule has 0 fully saturated rings. The summed E-state index contributed by atoms with van der Waals surface area (Å²) in [7, 11) is 0. The zero-order chi connectivity index (χ0) is 8.55. The number of hydrogen-bond acceptors (Lipinski definition) is 3. The Balaban J connectivity index is 2.37. The quantitative estimate of drug-likeness (QED) is 0.584. The normalized spacial score (nSPS) is 21.9. The number of hydrogen-bond donors (Lipinski definition) is 2. The van der Waals surface area contributed by atoms with Crippen LogP contribution in [0.1, 0.15) is 17.7 Å². The Bertz CT molecular complexity index is 296. The number of rotatable bonds is 0. The van der Waals surface area contributed by atoms with Gasteiger partial charge in [0.1, 0.15) is 0 Å². The van der Waals surface area contributed by atoms with Gasteiger partial charge in [-0.15, -0.1) is 0 Å². The average Bonchev–Trinajstić information content (AvgIpc) is 2.05. The van der Waals surface area contributed by atoms with E-state index in [1.807, 2.05) is 6.07 Å². The molecular weight excluding hydrogens is 150 g/mol. The van der Waals surface area contributed by atoms with E-state index in [0.29, 0.717) is 0 Å². The van der Waals surface area contributed by atoms with E-state index in [1.54, 1.807) is 6.20 Å². The molecule has 2 rings (SSSR count). The van der Waals surface area contributed by atoms with Crippen molar-refractivity contribution in [2.24, 2.45) is 5.73 Å². The van der Waals surface area contributed by atoms with Gasteiger partial charge in [0.15, 0.2) is 0 Å². The SMILES string of the molecule is Nc1cnc2c(c1)CCC(N)C2. The Morgan fingerprint density at radius 1 is 1.50 bits per heavy atom. The van der Waals surface area contributed by atoms with Crippen molar-refractivity contribution in [1.82, 2.24) is 4.98 Å². The third kappa shape index (κ3) is 1.28. The molecule has 1 aromatic heterocycles. The molecule has 1 aliphatic rings. The molecule has 3 heteroatoms. The van der Waals surface area contributed by atoms with E-state index in [2.05, 4.69) is 4.98 Å². The lowest BCUT2D eigenvalue weighted by molar-refractivity contribution is 0.565. The molecule has 0 saturated carbocycles. The largest absolute Gasteiger partial charge is 0.397 e. The Labute approximate surface area is 71.8 Å². The number of nitrogen functional groups attached to an aromatic ring is 1. The molecule has 0 bridgehead atoms. The smallest absolute Gasteiger partial charge is 0.0503 e. The first kappa shape index (κ1) is 7.55. The van der Waals surface area contributed by atoms with Gasteiger partial charge in [-0.2, -0.15) is 0 Å². The fourth-order valence-electron chi connectivity index (χ4n) is 1.65. The lowest BCUT2D eigenvalue weighted by Gasteiger charge is -2.20. The Hall–Kier alpha value is -1.09. The second kappa shape index (κ2) is 2.75. The predicted octanol–water partition coefficient (Wildman–Crippen LogP) is 0.480. The Morgan fingerprint density at radius 2 is 2.33 bits per heavy atom. The van der Waals surface area contributed by atoms with E-state index in [0.717, 1.165) is 30.6 Å². The molecule has 0 aliphatic heterocycles. The van der Waals surface area contributed by atoms with Gasteiger partial charge in [-0.05, 0) is 24.5 Å². The van der Waals surface area contributed by atoms with Crippen LogP contribution >= 0.6 is 0 Å². The first-order valence-electron chi connectivity index (χ1n) is 4.24. The molecule has 0 aromatic carbocycles. The Morgan fingerprint density at radius 3 is 3.17 bits per heavy atom. The highest BCUT2D eigenvalue weighted by Crippen LogP contribution is 2.19. The van der Waals surface area contributed by atoms with Crippen LogP contribution in [0.4, 0.5) is 5.69 Å². The van der Waals surface area contributed by atoms with E-state index in [9.17, 15) is 0 Å². The van der Waals surface area contributed by atoms with Gasteiger partial charge in [0.25, 0.3) is 0 Å². The molecule has 3 nitrogen and oxygen atoms in total. The van der Waals surface area contributed by atoms with Crippen LogP contribution in [0.3, 0.4) is 0 Å². The summed E-state index contributed by atoms with van der Waals surface area (Å²) in [5, 5.41) is 0. The van der Waals surface area contributed by atoms with Gasteiger partial charge in [0.05, 0.1) is 11.9 Å². The predicted molar refractivity (Wildman–Crippen MR) is 48.6 cm³/mol. The van der Waals surface area contributed by atoms with Crippen LogP contribution < -0.4 is 11.5 Å². The molecule has 1 unspecified atom stereocenters. The first-order chi connectivity index (χ1) is 5.75. The van der Waals surface area contributed by atoms with Crippen LogP contribution in [0.2, 0.25) is 0 Å². The van der Waals surface area contributed by atoms with Gasteiger partial charge in [-0.3, -0.25) is 4.98 Å². The van der Waals surface area contributed by atoms with Crippen molar-refractivity contribution in [1.29, 1.82) is 0 Å². The molecule has 12 heavy (non-hydrogen) atoms. The molecule has 1 aromatic rings. The van der Waals surface area contributed by atoms with Crippen molar-refractivity contribution >= 4 is 5.69 Å². The maximum atomic E-state index is 5.82. The maximum Gasteiger partial charge on any atom is 0.0503 e. The van der Waals surface area contributed by atoms with Crippen LogP contribution in [0.5, 0.6) is 0 Å². The second-order valence-corrected chi connectivity index (χ2v) is 3.38. The molecule has 64 valence electrons. The van der Waals surface area contributed by atoms with Crippen molar-refractivity contribution < 1.29 is 0 Å². The summed E-state index contributed by atoms with van der Waals surface area (Å²) < 4.78 is 0. The standard InChI is InChI=1S/C9H13N3/c10-7-2-1-6-3-8(11)5-12-9(6)4-7/h3,5,7H,1-2,4,10-11H2. The Kier molecular flexibility index (Phi) is 1.73. The lowest BCUT2D eigenvalue weighted by Crippen LogP contribution is -2.28. The van der Waals surface area contributed by atoms with E-state index in [1.165, 1.54) is 5.56 Å². The van der Waals surface area contributed by atoms with E-state index < -0.39 is 0 Å². The van der Waals surface area contributed by atoms with Crippen molar-refractivity contribution in [3.63, 3.8) is 0 Å². The minimum absolute atomic E-state index is 0.286. The molecule has 1 aliphatic carbocycles. The summed E-state index contributed by atoms with van der Waals surface area (Å²) in [6.45, 7) is 0. The average molecular weight is 163 g/mol. The summed E-state index contributed by atoms with van der Waals surface area (Å²) in [6.07, 6.45) is 4.68. The first-order valence-corrected chi connectivity index (χ1v) is 4.24. The minimum atomic E-state index is 0.286. The van der Waals surface area contributed by atoms with Crippen LogP contribution in [0.15, 0.2) is 12.3 Å². The topological polar surface area (TPSA) is 64.9 Å². The summed E-state index contributed by atoms with van der Waals surface area (Å²) >= 11 is 0. The molecule has 0 spiro atoms. The van der Waals surface area contributed by atoms with Crippen molar-refractivity contribution in [3.05, 3.63) is 23.5 Å². The third-order valence-electron chi connectivity index (χ3n) is 2.32. The van der Waals surface area contributed by atoms with Gasteiger partial charge < -0.3 is 11.5 Å². The van der Waals surface area contributed by atoms with Crippen LogP contribution in [0.25, 0.3) is 0 Å². The number of aromatic nitrogens is 1. The van der Waals surface area contributed by atoms with E-state index >= 15 is 0 Å². The second-order valence-electron chi connectivity index (χ2n) is 3.38. The van der Waals surface area contributed by atoms with Crippen LogP contribution in [0, 0.1) is 0 Å². The number of nitrogens with zero attached hydrogens (tertiary/aromatic N) is 1. The third-order valence-corrected chi connectivity index (χ3v) is 2.32. The summed E-state index contributed by atoms with van der Waals surface area (Å²) in [4.78, 5) is 4.26. The fourth-order valence-corrected chi connectivity index (χ4v) is 1.65. The van der Waals surface area contributed by atoms with E-state index in [4.69, 9.17) is 11.5 Å². The van der Waals surface area contributed by atoms with Gasteiger partial charge >= 0.3 is 0 Å². The maximum absolute atomic E-state index is 5.82. The number of pyridine rings is 1. The van der Waals surface area contributed by atoms with Gasteiger partial charge in [-0.25, -0.2) is 0 Å². The number of aryl methyl sites for hydroxylation is 1. The molecule has 0 saturated heterocycles. The zero-order valence-electron chi connectivity index (χ0n) is 6.96. The van der Waals surface area contributed by atoms with Crippen LogP contribution in [-0.2, 0) is 12.8 Å². The van der Waals surface area contributed by atoms with Crippen molar-refractivity contribution in [2.45, 2.75) is 25.3 Å². The van der Waals surface area contributed by atoms with Crippen molar-refractivity contribution in [3.8, 4) is 0 Å². The summed E-state index contributed by atoms with van der Waals surface area (Å²) in [5.41, 5.74) is 14.6. The molecular formula is C9H13N3. The monoisotopic (exact) mass is 163 g/mol. The summed E-state index contributed by atoms with van der Waals surface area (Å²) in [6, 6.07) is 2.29. The van der Waals surface area contributed by atoms with Crippen molar-refractivity contribution in [2.75, 3.05) is 5.73 Å². The summed E-state index contributed by atoms with van der Waals surface area (Å²) in [5.74, 6) is 0. The lowest BCUT2D eigenvalue weighted by atomic mass is 9.92. The molecule has 1 atom stereocenters. The number of nitrogens with two attached hydrogens (primary N) is 2. The molecule has 0 radical (unpaired) electrons. The van der Waals surface area contributed by atoms with Crippen LogP contribution in [-0.4, -0.2) is 11.0 Å².